The summed E-state index contributed by atoms with van der Waals surface area (Å²) in [6.45, 7) is 3.39. The Bertz CT molecular complexity index is 1010. The highest BCUT2D eigenvalue weighted by Crippen LogP contribution is 2.15. The van der Waals surface area contributed by atoms with Crippen molar-refractivity contribution >= 4 is 23.8 Å². The Morgan fingerprint density at radius 1 is 0.608 bits per heavy atom. The maximum atomic E-state index is 12.7. The van der Waals surface area contributed by atoms with E-state index in [1.807, 2.05) is 6.08 Å². The van der Waals surface area contributed by atoms with Gasteiger partial charge in [-0.1, -0.05) is 121 Å². The summed E-state index contributed by atoms with van der Waals surface area (Å²) in [5.74, 6) is -2.41. The monoisotopic (exact) mass is 717 g/mol. The third-order valence-corrected chi connectivity index (χ3v) is 8.53. The van der Waals surface area contributed by atoms with E-state index in [4.69, 9.17) is 14.9 Å². The summed E-state index contributed by atoms with van der Waals surface area (Å²) >= 11 is 0. The van der Waals surface area contributed by atoms with Crippen LogP contribution in [0.25, 0.3) is 0 Å². The number of carbonyl (C=O) groups excluding carboxylic acids is 3. The molecular formula is C42H72N2O7. The van der Waals surface area contributed by atoms with E-state index in [-0.39, 0.29) is 30.9 Å². The minimum atomic E-state index is -1.39. The number of nitrogens with one attached hydrogen (secondary N) is 2. The molecule has 0 bridgehead atoms. The van der Waals surface area contributed by atoms with Gasteiger partial charge in [-0.05, 0) is 83.1 Å². The summed E-state index contributed by atoms with van der Waals surface area (Å²) in [5.41, 5.74) is 0. The predicted octanol–water partition coefficient (Wildman–Crippen LogP) is 9.20. The Morgan fingerprint density at radius 2 is 1.12 bits per heavy atom. The lowest BCUT2D eigenvalue weighted by molar-refractivity contribution is -0.147. The van der Waals surface area contributed by atoms with Crippen LogP contribution in [0.4, 0.5) is 0 Å². The van der Waals surface area contributed by atoms with Crippen molar-refractivity contribution in [2.75, 3.05) is 13.2 Å². The molecule has 0 saturated carbocycles. The maximum Gasteiger partial charge on any atom is 0.328 e. The van der Waals surface area contributed by atoms with Crippen molar-refractivity contribution in [3.63, 3.8) is 0 Å². The van der Waals surface area contributed by atoms with Gasteiger partial charge in [-0.25, -0.2) is 4.79 Å². The van der Waals surface area contributed by atoms with E-state index >= 15 is 0 Å². The molecule has 9 nitrogen and oxygen atoms in total. The van der Waals surface area contributed by atoms with Crippen LogP contribution in [0.15, 0.2) is 48.6 Å². The summed E-state index contributed by atoms with van der Waals surface area (Å²) in [6.07, 6.45) is 41.5. The highest BCUT2D eigenvalue weighted by atomic mass is 16.5. The number of rotatable bonds is 35. The minimum Gasteiger partial charge on any atom is -0.480 e. The number of unbranched alkanes of at least 4 members (excludes halogenated alkanes) is 15. The van der Waals surface area contributed by atoms with Crippen LogP contribution in [0.3, 0.4) is 0 Å². The lowest BCUT2D eigenvalue weighted by Gasteiger charge is -2.15. The van der Waals surface area contributed by atoms with Crippen molar-refractivity contribution < 1.29 is 34.1 Å². The maximum absolute atomic E-state index is 12.7. The number of amides is 2. The smallest absolute Gasteiger partial charge is 0.328 e. The average molecular weight is 717 g/mol. The minimum absolute atomic E-state index is 0.127. The average Bonchev–Trinajstić information content (AvgIpc) is 3.11. The van der Waals surface area contributed by atoms with Gasteiger partial charge in [0.1, 0.15) is 12.1 Å². The molecule has 0 heterocycles. The number of aliphatic hydroxyl groups is 1. The molecule has 0 spiro atoms. The van der Waals surface area contributed by atoms with Crippen LogP contribution >= 0.6 is 0 Å². The van der Waals surface area contributed by atoms with Gasteiger partial charge in [0.2, 0.25) is 11.8 Å². The molecular weight excluding hydrogens is 644 g/mol. The first-order valence-corrected chi connectivity index (χ1v) is 20.0. The van der Waals surface area contributed by atoms with Gasteiger partial charge >= 0.3 is 11.9 Å². The van der Waals surface area contributed by atoms with Crippen molar-refractivity contribution in [2.45, 2.75) is 180 Å². The molecule has 0 aromatic heterocycles. The molecule has 2 amide bonds. The topological polar surface area (TPSA) is 142 Å². The molecule has 2 atom stereocenters. The largest absolute Gasteiger partial charge is 0.480 e. The van der Waals surface area contributed by atoms with Crippen LogP contribution in [0.1, 0.15) is 168 Å². The number of aliphatic hydroxyl groups excluding tert-OH is 1. The quantitative estimate of drug-likeness (QED) is 0.0291. The standard InChI is InChI=1S/C42H72N2O7/c1-3-5-7-9-11-13-15-17-19-21-26-30-34-41(48)51-37(31-27-23-20-18-16-14-12-10-8-6-4-2)32-28-24-22-25-29-33-39(46)43-35-40(47)44-38(36-45)42(49)50/h11-14,18,20,27,31,37-38,45H,3-10,15-17,19,21-26,28-30,32-36H2,1-2H3,(H,43,46)(H,44,47)(H,49,50)/b13-11-,14-12-,20-18-,31-27-. The van der Waals surface area contributed by atoms with Gasteiger partial charge in [-0.2, -0.15) is 0 Å². The number of allylic oxidation sites excluding steroid dienone is 7. The van der Waals surface area contributed by atoms with E-state index in [2.05, 4.69) is 67.0 Å². The van der Waals surface area contributed by atoms with E-state index in [1.54, 1.807) is 0 Å². The molecule has 0 saturated heterocycles. The fourth-order valence-corrected chi connectivity index (χ4v) is 5.40. The van der Waals surface area contributed by atoms with Crippen LogP contribution in [0, 0.1) is 0 Å². The highest BCUT2D eigenvalue weighted by molar-refractivity contribution is 5.87. The second-order valence-electron chi connectivity index (χ2n) is 13.4. The second kappa shape index (κ2) is 36.6. The van der Waals surface area contributed by atoms with E-state index in [0.29, 0.717) is 12.8 Å². The number of aliphatic carboxylic acids is 1. The van der Waals surface area contributed by atoms with Crippen LogP contribution in [-0.4, -0.2) is 59.3 Å². The van der Waals surface area contributed by atoms with Crippen molar-refractivity contribution in [3.8, 4) is 0 Å². The number of carboxylic acid groups (broad SMARTS) is 1. The van der Waals surface area contributed by atoms with Crippen molar-refractivity contribution in [3.05, 3.63) is 48.6 Å². The van der Waals surface area contributed by atoms with Gasteiger partial charge in [0, 0.05) is 12.8 Å². The Balaban J connectivity index is 4.45. The zero-order valence-corrected chi connectivity index (χ0v) is 32.1. The first kappa shape index (κ1) is 47.8. The Kier molecular flexibility index (Phi) is 34.3. The fourth-order valence-electron chi connectivity index (χ4n) is 5.40. The first-order chi connectivity index (χ1) is 24.8. The summed E-state index contributed by atoms with van der Waals surface area (Å²) in [5, 5.41) is 22.5. The molecule has 51 heavy (non-hydrogen) atoms. The van der Waals surface area contributed by atoms with Crippen LogP contribution < -0.4 is 10.6 Å². The molecule has 4 N–H and O–H groups in total. The fraction of sp³-hybridized carbons (Fsp3) is 0.714. The van der Waals surface area contributed by atoms with Crippen LogP contribution in [-0.2, 0) is 23.9 Å². The summed E-state index contributed by atoms with van der Waals surface area (Å²) in [6, 6.07) is -1.39. The Labute approximate surface area is 309 Å². The van der Waals surface area contributed by atoms with Gasteiger partial charge in [-0.15, -0.1) is 0 Å². The lowest BCUT2D eigenvalue weighted by Crippen LogP contribution is -2.47. The molecule has 292 valence electrons. The first-order valence-electron chi connectivity index (χ1n) is 20.0. The van der Waals surface area contributed by atoms with Crippen molar-refractivity contribution in [2.24, 2.45) is 0 Å². The van der Waals surface area contributed by atoms with Crippen molar-refractivity contribution in [1.82, 2.24) is 10.6 Å². The van der Waals surface area contributed by atoms with Gasteiger partial charge in [0.15, 0.2) is 0 Å². The normalized spacial score (nSPS) is 13.0. The lowest BCUT2D eigenvalue weighted by atomic mass is 10.1. The van der Waals surface area contributed by atoms with E-state index in [9.17, 15) is 19.2 Å². The number of esters is 1. The predicted molar refractivity (Wildman–Crippen MR) is 208 cm³/mol. The SMILES string of the molecule is CCCCC/C=C\C/C=C\C/C=C\C(CCCCCCCC(=O)NCC(=O)NC(CO)C(=O)O)OC(=O)CCCCCCC/C=C\CCCCC. The van der Waals surface area contributed by atoms with Crippen LogP contribution in [0.2, 0.25) is 0 Å². The molecule has 0 aromatic rings. The summed E-state index contributed by atoms with van der Waals surface area (Å²) in [4.78, 5) is 47.4. The van der Waals surface area contributed by atoms with Gasteiger partial charge in [-0.3, -0.25) is 14.4 Å². The molecule has 9 heteroatoms. The van der Waals surface area contributed by atoms with Gasteiger partial charge in [0.05, 0.1) is 13.2 Å². The van der Waals surface area contributed by atoms with E-state index in [1.165, 1.54) is 57.8 Å². The highest BCUT2D eigenvalue weighted by Gasteiger charge is 2.18. The zero-order valence-electron chi connectivity index (χ0n) is 32.1. The number of carbonyl (C=O) groups is 4. The summed E-state index contributed by atoms with van der Waals surface area (Å²) in [7, 11) is 0. The van der Waals surface area contributed by atoms with Gasteiger partial charge < -0.3 is 25.6 Å². The number of ether oxygens (including phenoxy) is 1. The van der Waals surface area contributed by atoms with Gasteiger partial charge in [0.25, 0.3) is 0 Å². The molecule has 0 aliphatic heterocycles. The number of hydrogen-bond donors (Lipinski definition) is 4. The molecule has 0 rings (SSSR count). The summed E-state index contributed by atoms with van der Waals surface area (Å²) < 4.78 is 5.89. The zero-order chi connectivity index (χ0) is 37.6. The van der Waals surface area contributed by atoms with E-state index in [0.717, 1.165) is 77.0 Å². The second-order valence-corrected chi connectivity index (χ2v) is 13.4. The van der Waals surface area contributed by atoms with Crippen molar-refractivity contribution in [1.29, 1.82) is 0 Å². The van der Waals surface area contributed by atoms with E-state index < -0.39 is 24.5 Å². The molecule has 0 aromatic carbocycles. The number of hydrogen-bond acceptors (Lipinski definition) is 6. The molecule has 0 aliphatic carbocycles. The number of carboxylic acids is 1. The molecule has 0 fully saturated rings. The molecule has 0 aliphatic rings. The Hall–Kier alpha value is -3.20. The Morgan fingerprint density at radius 3 is 1.73 bits per heavy atom. The molecule has 0 radical (unpaired) electrons. The van der Waals surface area contributed by atoms with Crippen LogP contribution in [0.5, 0.6) is 0 Å². The third-order valence-electron chi connectivity index (χ3n) is 8.53. The third kappa shape index (κ3) is 33.7. The molecule has 2 unspecified atom stereocenters.